The van der Waals surface area contributed by atoms with Gasteiger partial charge < -0.3 is 0 Å². The third-order valence-electron chi connectivity index (χ3n) is 5.56. The number of aryl methyl sites for hydroxylation is 1. The number of hydrogen-bond acceptors (Lipinski definition) is 5. The number of carbonyl (C=O) groups is 1. The second kappa shape index (κ2) is 7.09. The summed E-state index contributed by atoms with van der Waals surface area (Å²) in [5.41, 5.74) is 2.74. The monoisotopic (exact) mass is 384 g/mol. The van der Waals surface area contributed by atoms with Crippen molar-refractivity contribution in [3.8, 4) is 0 Å². The van der Waals surface area contributed by atoms with Crippen LogP contribution in [0.15, 0.2) is 61.1 Å². The lowest BCUT2D eigenvalue weighted by Crippen LogP contribution is -2.24. The minimum absolute atomic E-state index is 0.126. The third-order valence-corrected chi connectivity index (χ3v) is 5.56. The zero-order valence-corrected chi connectivity index (χ0v) is 16.0. The van der Waals surface area contributed by atoms with Gasteiger partial charge in [-0.05, 0) is 43.2 Å². The molecule has 7 nitrogen and oxygen atoms in total. The number of aromatic nitrogens is 5. The summed E-state index contributed by atoms with van der Waals surface area (Å²) in [5.74, 6) is 1.29. The summed E-state index contributed by atoms with van der Waals surface area (Å²) >= 11 is 0. The number of fused-ring (bicyclic) bond motifs is 2. The zero-order chi connectivity index (χ0) is 19.8. The van der Waals surface area contributed by atoms with Crippen molar-refractivity contribution < 1.29 is 4.79 Å². The molecule has 0 aliphatic carbocycles. The smallest absolute Gasteiger partial charge is 0.258 e. The Hall–Kier alpha value is -3.61. The van der Waals surface area contributed by atoms with E-state index in [0.717, 1.165) is 29.6 Å². The van der Waals surface area contributed by atoms with Crippen molar-refractivity contribution in [1.29, 1.82) is 0 Å². The molecule has 1 aromatic carbocycles. The average Bonchev–Trinajstić information content (AvgIpc) is 3.18. The van der Waals surface area contributed by atoms with Crippen LogP contribution in [0.3, 0.4) is 0 Å². The van der Waals surface area contributed by atoms with Gasteiger partial charge in [0.15, 0.2) is 0 Å². The van der Waals surface area contributed by atoms with Gasteiger partial charge >= 0.3 is 0 Å². The van der Waals surface area contributed by atoms with Crippen LogP contribution in [0.4, 0.5) is 5.95 Å². The van der Waals surface area contributed by atoms with Crippen LogP contribution in [0.2, 0.25) is 0 Å². The Kier molecular flexibility index (Phi) is 4.27. The van der Waals surface area contributed by atoms with Crippen LogP contribution in [0.1, 0.15) is 47.1 Å². The van der Waals surface area contributed by atoms with Crippen molar-refractivity contribution in [2.75, 3.05) is 5.32 Å². The molecule has 0 bridgehead atoms. The van der Waals surface area contributed by atoms with Gasteiger partial charge in [0.2, 0.25) is 5.95 Å². The van der Waals surface area contributed by atoms with Crippen molar-refractivity contribution >= 4 is 22.8 Å². The summed E-state index contributed by atoms with van der Waals surface area (Å²) < 4.78 is 1.94. The predicted octanol–water partition coefficient (Wildman–Crippen LogP) is 3.76. The lowest BCUT2D eigenvalue weighted by Gasteiger charge is -2.29. The van der Waals surface area contributed by atoms with E-state index < -0.39 is 0 Å². The Morgan fingerprint density at radius 3 is 2.86 bits per heavy atom. The lowest BCUT2D eigenvalue weighted by molar-refractivity contribution is 0.102. The molecular weight excluding hydrogens is 364 g/mol. The zero-order valence-electron chi connectivity index (χ0n) is 16.0. The standard InChI is InChI=1S/C22H20N6O/c1-14-18(17-12-16-4-2-3-5-19(16)24-13-17)6-7-20-25-22(27-28(14)20)26-21(29)15-8-10-23-11-9-15/h2-5,8-14,18H,6-7H2,1H3,(H,26,27,29). The molecule has 5 rings (SSSR count). The van der Waals surface area contributed by atoms with E-state index in [2.05, 4.69) is 44.4 Å². The highest BCUT2D eigenvalue weighted by molar-refractivity contribution is 6.03. The molecule has 4 heterocycles. The fourth-order valence-corrected chi connectivity index (χ4v) is 4.01. The number of anilines is 1. The average molecular weight is 384 g/mol. The molecule has 3 aromatic heterocycles. The van der Waals surface area contributed by atoms with Crippen LogP contribution in [-0.4, -0.2) is 30.6 Å². The maximum absolute atomic E-state index is 12.4. The number of hydrogen-bond donors (Lipinski definition) is 1. The van der Waals surface area contributed by atoms with E-state index in [4.69, 9.17) is 0 Å². The maximum atomic E-state index is 12.4. The van der Waals surface area contributed by atoms with Gasteiger partial charge in [-0.2, -0.15) is 4.98 Å². The van der Waals surface area contributed by atoms with Gasteiger partial charge in [0.25, 0.3) is 5.91 Å². The third kappa shape index (κ3) is 3.24. The molecular formula is C22H20N6O. The molecule has 1 aliphatic heterocycles. The largest absolute Gasteiger partial charge is 0.289 e. The topological polar surface area (TPSA) is 85.6 Å². The Bertz CT molecular complexity index is 1190. The summed E-state index contributed by atoms with van der Waals surface area (Å²) in [4.78, 5) is 25.5. The second-order valence-corrected chi connectivity index (χ2v) is 7.33. The summed E-state index contributed by atoms with van der Waals surface area (Å²) in [6.07, 6.45) is 6.92. The summed E-state index contributed by atoms with van der Waals surface area (Å²) in [6, 6.07) is 13.8. The molecule has 7 heteroatoms. The first kappa shape index (κ1) is 17.5. The quantitative estimate of drug-likeness (QED) is 0.581. The summed E-state index contributed by atoms with van der Waals surface area (Å²) in [5, 5.41) is 8.51. The van der Waals surface area contributed by atoms with E-state index in [9.17, 15) is 4.79 Å². The predicted molar refractivity (Wildman–Crippen MR) is 110 cm³/mol. The van der Waals surface area contributed by atoms with Gasteiger partial charge in [-0.15, -0.1) is 5.10 Å². The molecule has 1 aliphatic rings. The van der Waals surface area contributed by atoms with E-state index in [1.54, 1.807) is 24.5 Å². The lowest BCUT2D eigenvalue weighted by atomic mass is 9.86. The molecule has 144 valence electrons. The first-order valence-electron chi connectivity index (χ1n) is 9.70. The van der Waals surface area contributed by atoms with Crippen molar-refractivity contribution in [2.45, 2.75) is 31.7 Å². The normalized spacial score (nSPS) is 18.4. The molecule has 0 radical (unpaired) electrons. The van der Waals surface area contributed by atoms with E-state index >= 15 is 0 Å². The molecule has 2 atom stereocenters. The van der Waals surface area contributed by atoms with Crippen LogP contribution >= 0.6 is 0 Å². The fraction of sp³-hybridized carbons (Fsp3) is 0.227. The molecule has 4 aromatic rings. The molecule has 0 spiro atoms. The van der Waals surface area contributed by atoms with E-state index in [0.29, 0.717) is 17.4 Å². The highest BCUT2D eigenvalue weighted by Gasteiger charge is 2.30. The van der Waals surface area contributed by atoms with Gasteiger partial charge in [0, 0.05) is 41.9 Å². The van der Waals surface area contributed by atoms with E-state index in [-0.39, 0.29) is 11.9 Å². The number of nitrogens with zero attached hydrogens (tertiary/aromatic N) is 5. The van der Waals surface area contributed by atoms with Crippen molar-refractivity contribution in [3.05, 3.63) is 78.0 Å². The maximum Gasteiger partial charge on any atom is 0.258 e. The van der Waals surface area contributed by atoms with Crippen molar-refractivity contribution in [2.24, 2.45) is 0 Å². The molecule has 29 heavy (non-hydrogen) atoms. The minimum Gasteiger partial charge on any atom is -0.289 e. The number of rotatable bonds is 3. The van der Waals surface area contributed by atoms with Gasteiger partial charge in [0.05, 0.1) is 11.6 Å². The Labute approximate surface area is 167 Å². The van der Waals surface area contributed by atoms with E-state index in [1.165, 1.54) is 5.56 Å². The SMILES string of the molecule is CC1C(c2cnc3ccccc3c2)CCc2nc(NC(=O)c3ccncc3)nn21. The van der Waals surface area contributed by atoms with Gasteiger partial charge in [-0.1, -0.05) is 18.2 Å². The molecule has 0 fully saturated rings. The molecule has 0 saturated carbocycles. The molecule has 2 unspecified atom stereocenters. The fourth-order valence-electron chi connectivity index (χ4n) is 4.01. The number of pyridine rings is 2. The minimum atomic E-state index is -0.238. The number of amides is 1. The Morgan fingerprint density at radius 2 is 2.00 bits per heavy atom. The Balaban J connectivity index is 1.40. The second-order valence-electron chi connectivity index (χ2n) is 7.33. The highest BCUT2D eigenvalue weighted by Crippen LogP contribution is 2.37. The van der Waals surface area contributed by atoms with E-state index in [1.807, 2.05) is 29.1 Å². The van der Waals surface area contributed by atoms with Crippen LogP contribution in [0.25, 0.3) is 10.9 Å². The van der Waals surface area contributed by atoms with Crippen molar-refractivity contribution in [3.63, 3.8) is 0 Å². The first-order valence-corrected chi connectivity index (χ1v) is 9.70. The van der Waals surface area contributed by atoms with Gasteiger partial charge in [0.1, 0.15) is 5.82 Å². The van der Waals surface area contributed by atoms with Crippen LogP contribution in [-0.2, 0) is 6.42 Å². The molecule has 1 amide bonds. The van der Waals surface area contributed by atoms with Crippen LogP contribution < -0.4 is 5.32 Å². The molecule has 1 N–H and O–H groups in total. The van der Waals surface area contributed by atoms with Crippen molar-refractivity contribution in [1.82, 2.24) is 24.7 Å². The molecule has 0 saturated heterocycles. The summed E-state index contributed by atoms with van der Waals surface area (Å²) in [7, 11) is 0. The van der Waals surface area contributed by atoms with Gasteiger partial charge in [-0.3, -0.25) is 20.1 Å². The Morgan fingerprint density at radius 1 is 1.17 bits per heavy atom. The number of benzene rings is 1. The highest BCUT2D eigenvalue weighted by atomic mass is 16.1. The first-order chi connectivity index (χ1) is 14.2. The summed E-state index contributed by atoms with van der Waals surface area (Å²) in [6.45, 7) is 2.14. The van der Waals surface area contributed by atoms with Gasteiger partial charge in [-0.25, -0.2) is 4.68 Å². The van der Waals surface area contributed by atoms with Crippen LogP contribution in [0.5, 0.6) is 0 Å². The number of nitrogens with one attached hydrogen (secondary N) is 1. The van der Waals surface area contributed by atoms with Crippen LogP contribution in [0, 0.1) is 0 Å². The number of carbonyl (C=O) groups excluding carboxylic acids is 1. The number of para-hydroxylation sites is 1.